The summed E-state index contributed by atoms with van der Waals surface area (Å²) in [5.74, 6) is 1.02. The lowest BCUT2D eigenvalue weighted by Crippen LogP contribution is -2.35. The van der Waals surface area contributed by atoms with Gasteiger partial charge < -0.3 is 15.1 Å². The fourth-order valence-electron chi connectivity index (χ4n) is 2.50. The van der Waals surface area contributed by atoms with Crippen LogP contribution >= 0.6 is 0 Å². The molecular weight excluding hydrogens is 200 g/mol. The van der Waals surface area contributed by atoms with Crippen molar-refractivity contribution in [3.05, 3.63) is 24.2 Å². The molecular formula is C13H22N2O. The Balaban J connectivity index is 1.75. The normalized spacial score (nSPS) is 24.5. The molecule has 0 amide bonds. The largest absolute Gasteiger partial charge is 0.468 e. The molecule has 0 radical (unpaired) electrons. The standard InChI is InChI=1S/C13H22N2O/c1-10(9-12-5-3-7-14-12)15-11(2)13-6-4-8-16-13/h4,6,8,10-12,14-15H,3,5,7,9H2,1-2H3. The molecule has 2 heterocycles. The molecule has 1 saturated heterocycles. The minimum Gasteiger partial charge on any atom is -0.468 e. The van der Waals surface area contributed by atoms with Crippen LogP contribution in [0.3, 0.4) is 0 Å². The second kappa shape index (κ2) is 5.51. The van der Waals surface area contributed by atoms with E-state index in [9.17, 15) is 0 Å². The van der Waals surface area contributed by atoms with Gasteiger partial charge in [0.25, 0.3) is 0 Å². The number of furan rings is 1. The van der Waals surface area contributed by atoms with Crippen molar-refractivity contribution < 1.29 is 4.42 Å². The smallest absolute Gasteiger partial charge is 0.120 e. The van der Waals surface area contributed by atoms with Crippen LogP contribution in [0.5, 0.6) is 0 Å². The number of hydrogen-bond donors (Lipinski definition) is 2. The van der Waals surface area contributed by atoms with Gasteiger partial charge in [-0.2, -0.15) is 0 Å². The summed E-state index contributed by atoms with van der Waals surface area (Å²) >= 11 is 0. The maximum Gasteiger partial charge on any atom is 0.120 e. The first-order valence-electron chi connectivity index (χ1n) is 6.28. The molecule has 90 valence electrons. The van der Waals surface area contributed by atoms with Gasteiger partial charge in [0, 0.05) is 12.1 Å². The SMILES string of the molecule is CC(CC1CCCN1)NC(C)c1ccco1. The van der Waals surface area contributed by atoms with Crippen molar-refractivity contribution in [1.82, 2.24) is 10.6 Å². The number of nitrogens with one attached hydrogen (secondary N) is 2. The molecule has 1 fully saturated rings. The molecule has 3 unspecified atom stereocenters. The van der Waals surface area contributed by atoms with Crippen LogP contribution in [0.15, 0.2) is 22.8 Å². The van der Waals surface area contributed by atoms with Crippen molar-refractivity contribution in [3.63, 3.8) is 0 Å². The fraction of sp³-hybridized carbons (Fsp3) is 0.692. The molecule has 2 N–H and O–H groups in total. The highest BCUT2D eigenvalue weighted by Gasteiger charge is 2.18. The second-order valence-corrected chi connectivity index (χ2v) is 4.83. The van der Waals surface area contributed by atoms with Crippen molar-refractivity contribution in [2.75, 3.05) is 6.54 Å². The van der Waals surface area contributed by atoms with Gasteiger partial charge in [-0.1, -0.05) is 0 Å². The highest BCUT2D eigenvalue weighted by Crippen LogP contribution is 2.16. The third-order valence-corrected chi connectivity index (χ3v) is 3.30. The van der Waals surface area contributed by atoms with Crippen LogP contribution in [-0.4, -0.2) is 18.6 Å². The second-order valence-electron chi connectivity index (χ2n) is 4.83. The average molecular weight is 222 g/mol. The van der Waals surface area contributed by atoms with Gasteiger partial charge in [-0.15, -0.1) is 0 Å². The topological polar surface area (TPSA) is 37.2 Å². The molecule has 3 heteroatoms. The quantitative estimate of drug-likeness (QED) is 0.803. The summed E-state index contributed by atoms with van der Waals surface area (Å²) in [5, 5.41) is 7.11. The first-order chi connectivity index (χ1) is 7.75. The lowest BCUT2D eigenvalue weighted by molar-refractivity contribution is 0.367. The summed E-state index contributed by atoms with van der Waals surface area (Å²) in [5.41, 5.74) is 0. The first-order valence-corrected chi connectivity index (χ1v) is 6.28. The molecule has 1 aliphatic rings. The lowest BCUT2D eigenvalue weighted by Gasteiger charge is -2.21. The van der Waals surface area contributed by atoms with Crippen molar-refractivity contribution in [3.8, 4) is 0 Å². The van der Waals surface area contributed by atoms with Crippen LogP contribution in [0.4, 0.5) is 0 Å². The monoisotopic (exact) mass is 222 g/mol. The number of rotatable bonds is 5. The molecule has 0 aromatic carbocycles. The summed E-state index contributed by atoms with van der Waals surface area (Å²) < 4.78 is 5.39. The first kappa shape index (κ1) is 11.7. The highest BCUT2D eigenvalue weighted by atomic mass is 16.3. The van der Waals surface area contributed by atoms with Crippen molar-refractivity contribution in [2.45, 2.75) is 51.2 Å². The molecule has 0 saturated carbocycles. The van der Waals surface area contributed by atoms with Crippen LogP contribution in [0.25, 0.3) is 0 Å². The van der Waals surface area contributed by atoms with E-state index in [4.69, 9.17) is 4.42 Å². The Kier molecular flexibility index (Phi) is 4.02. The Bertz CT molecular complexity index is 291. The zero-order valence-electron chi connectivity index (χ0n) is 10.2. The van der Waals surface area contributed by atoms with Gasteiger partial charge in [-0.25, -0.2) is 0 Å². The van der Waals surface area contributed by atoms with E-state index < -0.39 is 0 Å². The average Bonchev–Trinajstić information content (AvgIpc) is 2.88. The van der Waals surface area contributed by atoms with Gasteiger partial charge in [0.15, 0.2) is 0 Å². The molecule has 3 atom stereocenters. The Morgan fingerprint density at radius 1 is 1.56 bits per heavy atom. The molecule has 1 aromatic heterocycles. The molecule has 3 nitrogen and oxygen atoms in total. The third kappa shape index (κ3) is 3.09. The van der Waals surface area contributed by atoms with E-state index in [1.807, 2.05) is 12.1 Å². The predicted octanol–water partition coefficient (Wildman–Crippen LogP) is 2.46. The van der Waals surface area contributed by atoms with E-state index in [2.05, 4.69) is 24.5 Å². The minimum atomic E-state index is 0.298. The summed E-state index contributed by atoms with van der Waals surface area (Å²) in [7, 11) is 0. The van der Waals surface area contributed by atoms with E-state index in [0.717, 1.165) is 5.76 Å². The summed E-state index contributed by atoms with van der Waals surface area (Å²) in [6.45, 7) is 5.59. The van der Waals surface area contributed by atoms with Gasteiger partial charge in [-0.05, 0) is 51.8 Å². The molecule has 0 aliphatic carbocycles. The Labute approximate surface area is 97.6 Å². The van der Waals surface area contributed by atoms with Crippen molar-refractivity contribution >= 4 is 0 Å². The summed E-state index contributed by atoms with van der Waals surface area (Å²) in [6.07, 6.45) is 5.58. The van der Waals surface area contributed by atoms with Crippen LogP contribution < -0.4 is 10.6 Å². The van der Waals surface area contributed by atoms with Crippen molar-refractivity contribution in [1.29, 1.82) is 0 Å². The third-order valence-electron chi connectivity index (χ3n) is 3.30. The summed E-state index contributed by atoms with van der Waals surface area (Å²) in [4.78, 5) is 0. The molecule has 2 rings (SSSR count). The lowest BCUT2D eigenvalue weighted by atomic mass is 10.1. The number of hydrogen-bond acceptors (Lipinski definition) is 3. The van der Waals surface area contributed by atoms with Crippen LogP contribution in [0.1, 0.15) is 44.9 Å². The van der Waals surface area contributed by atoms with Gasteiger partial charge in [0.2, 0.25) is 0 Å². The molecule has 16 heavy (non-hydrogen) atoms. The Hall–Kier alpha value is -0.800. The van der Waals surface area contributed by atoms with Gasteiger partial charge in [0.1, 0.15) is 5.76 Å². The van der Waals surface area contributed by atoms with Crippen LogP contribution in [0.2, 0.25) is 0 Å². The molecule has 0 bridgehead atoms. The van der Waals surface area contributed by atoms with Crippen molar-refractivity contribution in [2.24, 2.45) is 0 Å². The predicted molar refractivity (Wildman–Crippen MR) is 65.4 cm³/mol. The van der Waals surface area contributed by atoms with Crippen LogP contribution in [-0.2, 0) is 0 Å². The Morgan fingerprint density at radius 2 is 2.44 bits per heavy atom. The minimum absolute atomic E-state index is 0.298. The molecule has 1 aromatic rings. The Morgan fingerprint density at radius 3 is 3.06 bits per heavy atom. The van der Waals surface area contributed by atoms with Gasteiger partial charge >= 0.3 is 0 Å². The zero-order valence-corrected chi connectivity index (χ0v) is 10.2. The van der Waals surface area contributed by atoms with Gasteiger partial charge in [-0.3, -0.25) is 0 Å². The van der Waals surface area contributed by atoms with Gasteiger partial charge in [0.05, 0.1) is 12.3 Å². The van der Waals surface area contributed by atoms with E-state index in [1.54, 1.807) is 6.26 Å². The summed E-state index contributed by atoms with van der Waals surface area (Å²) in [6, 6.07) is 5.49. The van der Waals surface area contributed by atoms with E-state index in [0.29, 0.717) is 18.1 Å². The van der Waals surface area contributed by atoms with E-state index in [1.165, 1.54) is 25.8 Å². The molecule has 0 spiro atoms. The maximum absolute atomic E-state index is 5.39. The van der Waals surface area contributed by atoms with E-state index >= 15 is 0 Å². The highest BCUT2D eigenvalue weighted by molar-refractivity contribution is 5.03. The fourth-order valence-corrected chi connectivity index (χ4v) is 2.50. The molecule has 1 aliphatic heterocycles. The maximum atomic E-state index is 5.39. The zero-order chi connectivity index (χ0) is 11.4. The van der Waals surface area contributed by atoms with E-state index in [-0.39, 0.29) is 0 Å². The van der Waals surface area contributed by atoms with Crippen LogP contribution in [0, 0.1) is 0 Å².